The van der Waals surface area contributed by atoms with Gasteiger partial charge in [-0.1, -0.05) is 19.9 Å². The van der Waals surface area contributed by atoms with Crippen LogP contribution in [0.15, 0.2) is 59.7 Å². The van der Waals surface area contributed by atoms with Crippen molar-refractivity contribution in [1.82, 2.24) is 9.55 Å². The second-order valence-electron chi connectivity index (χ2n) is 10.8. The number of aromatic nitrogens is 2. The standard InChI is InChI=1S/C28H29FN3O3PS/c1-28(2,17-37(5,34)35)27-26(18-6-11-25(31-16-18)36(3,4)33)23-12-19-14-30-15-20(19)13-24(23)32(27)22-9-7-21(29)8-10-22/h6-13,15-16H,14,17H2,1-5H3. The van der Waals surface area contributed by atoms with Gasteiger partial charge in [0.1, 0.15) is 22.8 Å². The lowest BCUT2D eigenvalue weighted by molar-refractivity contribution is 0.536. The third-order valence-electron chi connectivity index (χ3n) is 6.66. The van der Waals surface area contributed by atoms with E-state index < -0.39 is 22.4 Å². The van der Waals surface area contributed by atoms with Gasteiger partial charge in [-0.25, -0.2) is 12.8 Å². The number of pyridine rings is 1. The molecule has 0 saturated heterocycles. The fourth-order valence-electron chi connectivity index (χ4n) is 5.26. The molecule has 192 valence electrons. The molecule has 0 bridgehead atoms. The number of nitrogens with zero attached hydrogens (tertiary/aromatic N) is 3. The number of fused-ring (bicyclic) bond motifs is 2. The molecule has 0 spiro atoms. The maximum Gasteiger partial charge on any atom is 0.148 e. The minimum absolute atomic E-state index is 0.0870. The first kappa shape index (κ1) is 25.6. The van der Waals surface area contributed by atoms with Crippen LogP contribution in [0.2, 0.25) is 0 Å². The fourth-order valence-corrected chi connectivity index (χ4v) is 7.48. The Labute approximate surface area is 216 Å². The first-order valence-electron chi connectivity index (χ1n) is 11.9. The number of halogens is 1. The molecule has 0 unspecified atom stereocenters. The van der Waals surface area contributed by atoms with Crippen molar-refractivity contribution in [3.63, 3.8) is 0 Å². The number of sulfone groups is 1. The van der Waals surface area contributed by atoms with Gasteiger partial charge in [0, 0.05) is 52.0 Å². The molecule has 0 N–H and O–H groups in total. The predicted octanol–water partition coefficient (Wildman–Crippen LogP) is 5.33. The largest absolute Gasteiger partial charge is 0.318 e. The molecule has 6 nitrogen and oxygen atoms in total. The molecule has 0 aliphatic carbocycles. The van der Waals surface area contributed by atoms with Crippen LogP contribution >= 0.6 is 7.14 Å². The number of hydrogen-bond acceptors (Lipinski definition) is 5. The minimum atomic E-state index is -3.35. The number of hydrogen-bond donors (Lipinski definition) is 0. The smallest absolute Gasteiger partial charge is 0.148 e. The summed E-state index contributed by atoms with van der Waals surface area (Å²) in [5.74, 6) is -0.440. The van der Waals surface area contributed by atoms with Crippen LogP contribution in [0, 0.1) is 5.82 Å². The molecule has 3 heterocycles. The van der Waals surface area contributed by atoms with Gasteiger partial charge >= 0.3 is 0 Å². The van der Waals surface area contributed by atoms with E-state index in [1.807, 2.05) is 30.7 Å². The molecule has 0 saturated carbocycles. The zero-order valence-corrected chi connectivity index (χ0v) is 23.2. The van der Waals surface area contributed by atoms with Crippen molar-refractivity contribution < 1.29 is 17.4 Å². The Morgan fingerprint density at radius 1 is 1.08 bits per heavy atom. The Kier molecular flexibility index (Phi) is 6.04. The monoisotopic (exact) mass is 537 g/mol. The summed E-state index contributed by atoms with van der Waals surface area (Å²) < 4.78 is 53.7. The lowest BCUT2D eigenvalue weighted by atomic mass is 9.86. The van der Waals surface area contributed by atoms with E-state index in [-0.39, 0.29) is 11.6 Å². The van der Waals surface area contributed by atoms with E-state index in [1.54, 1.807) is 37.7 Å². The van der Waals surface area contributed by atoms with Crippen LogP contribution in [0.3, 0.4) is 0 Å². The van der Waals surface area contributed by atoms with Gasteiger partial charge < -0.3 is 9.13 Å². The van der Waals surface area contributed by atoms with Crippen molar-refractivity contribution in [3.05, 3.63) is 77.4 Å². The van der Waals surface area contributed by atoms with Gasteiger partial charge in [-0.05, 0) is 66.9 Å². The van der Waals surface area contributed by atoms with E-state index in [0.29, 0.717) is 12.0 Å². The molecule has 4 aromatic rings. The Balaban J connectivity index is 1.92. The molecule has 9 heteroatoms. The third-order valence-corrected chi connectivity index (χ3v) is 9.27. The van der Waals surface area contributed by atoms with Gasteiger partial charge in [-0.2, -0.15) is 0 Å². The van der Waals surface area contributed by atoms with E-state index in [9.17, 15) is 17.4 Å². The average Bonchev–Trinajstić information content (AvgIpc) is 3.38. The van der Waals surface area contributed by atoms with Crippen molar-refractivity contribution >= 4 is 39.5 Å². The lowest BCUT2D eigenvalue weighted by Crippen LogP contribution is -2.30. The molecule has 37 heavy (non-hydrogen) atoms. The van der Waals surface area contributed by atoms with E-state index >= 15 is 0 Å². The van der Waals surface area contributed by atoms with E-state index in [1.165, 1.54) is 18.4 Å². The summed E-state index contributed by atoms with van der Waals surface area (Å²) >= 11 is 0. The van der Waals surface area contributed by atoms with Crippen LogP contribution in [0.4, 0.5) is 4.39 Å². The van der Waals surface area contributed by atoms with Crippen LogP contribution < -0.4 is 5.44 Å². The SMILES string of the molecule is CC(C)(CS(C)(=O)=O)c1c(-c2ccc(P(C)(C)=O)nc2)c2cc3c(cc2n1-c1ccc(F)cc1)C=NC3. The van der Waals surface area contributed by atoms with Crippen LogP contribution in [-0.4, -0.2) is 49.5 Å². The first-order chi connectivity index (χ1) is 17.2. The Morgan fingerprint density at radius 3 is 2.38 bits per heavy atom. The Hall–Kier alpha value is -3.09. The third kappa shape index (κ3) is 4.80. The van der Waals surface area contributed by atoms with Crippen LogP contribution in [0.25, 0.3) is 27.7 Å². The van der Waals surface area contributed by atoms with Crippen LogP contribution in [-0.2, 0) is 26.4 Å². The highest BCUT2D eigenvalue weighted by Crippen LogP contribution is 2.45. The lowest BCUT2D eigenvalue weighted by Gasteiger charge is -2.28. The molecule has 5 rings (SSSR count). The molecule has 2 aromatic heterocycles. The van der Waals surface area contributed by atoms with Gasteiger partial charge in [0.05, 0.1) is 23.2 Å². The number of aliphatic imine (C=N–C) groups is 1. The quantitative estimate of drug-likeness (QED) is 0.311. The summed E-state index contributed by atoms with van der Waals surface area (Å²) in [5, 5.41) is 0.927. The van der Waals surface area contributed by atoms with Crippen molar-refractivity contribution in [3.8, 4) is 16.8 Å². The second kappa shape index (κ2) is 8.74. The maximum absolute atomic E-state index is 13.9. The fraction of sp³-hybridized carbons (Fsp3) is 0.286. The number of benzene rings is 2. The van der Waals surface area contributed by atoms with Crippen molar-refractivity contribution in [2.45, 2.75) is 25.8 Å². The second-order valence-corrected chi connectivity index (χ2v) is 16.1. The van der Waals surface area contributed by atoms with Crippen LogP contribution in [0.1, 0.15) is 30.7 Å². The van der Waals surface area contributed by atoms with Gasteiger partial charge in [0.2, 0.25) is 0 Å². The van der Waals surface area contributed by atoms with Crippen molar-refractivity contribution in [2.24, 2.45) is 4.99 Å². The van der Waals surface area contributed by atoms with E-state index in [2.05, 4.69) is 22.1 Å². The van der Waals surface area contributed by atoms with Gasteiger partial charge in [-0.15, -0.1) is 0 Å². The van der Waals surface area contributed by atoms with E-state index in [0.717, 1.165) is 44.5 Å². The van der Waals surface area contributed by atoms with Crippen molar-refractivity contribution in [2.75, 3.05) is 25.3 Å². The Morgan fingerprint density at radius 2 is 1.78 bits per heavy atom. The normalized spacial score (nSPS) is 13.9. The first-order valence-corrected chi connectivity index (χ1v) is 16.6. The van der Waals surface area contributed by atoms with E-state index in [4.69, 9.17) is 0 Å². The Bertz CT molecular complexity index is 1720. The van der Waals surface area contributed by atoms with Crippen molar-refractivity contribution in [1.29, 1.82) is 0 Å². The number of rotatable bonds is 6. The molecule has 0 fully saturated rings. The highest BCUT2D eigenvalue weighted by molar-refractivity contribution is 7.90. The predicted molar refractivity (Wildman–Crippen MR) is 150 cm³/mol. The zero-order chi connectivity index (χ0) is 26.8. The minimum Gasteiger partial charge on any atom is -0.318 e. The van der Waals surface area contributed by atoms with Gasteiger partial charge in [0.25, 0.3) is 0 Å². The van der Waals surface area contributed by atoms with Gasteiger partial charge in [-0.3, -0.25) is 9.98 Å². The summed E-state index contributed by atoms with van der Waals surface area (Å²) in [6.45, 7) is 7.75. The summed E-state index contributed by atoms with van der Waals surface area (Å²) in [5.41, 5.74) is 5.80. The highest BCUT2D eigenvalue weighted by atomic mass is 32.2. The molecule has 0 amide bonds. The summed E-state index contributed by atoms with van der Waals surface area (Å²) in [4.78, 5) is 8.95. The van der Waals surface area contributed by atoms with Crippen LogP contribution in [0.5, 0.6) is 0 Å². The molecule has 1 aliphatic rings. The summed E-state index contributed by atoms with van der Waals surface area (Å²) in [6, 6.07) is 14.0. The molecule has 0 atom stereocenters. The zero-order valence-electron chi connectivity index (χ0n) is 21.5. The molecule has 0 radical (unpaired) electrons. The molecule has 1 aliphatic heterocycles. The van der Waals surface area contributed by atoms with Gasteiger partial charge in [0.15, 0.2) is 0 Å². The highest BCUT2D eigenvalue weighted by Gasteiger charge is 2.35. The average molecular weight is 538 g/mol. The summed E-state index contributed by atoms with van der Waals surface area (Å²) in [7, 11) is -5.91. The topological polar surface area (TPSA) is 81.4 Å². The maximum atomic E-state index is 13.9. The summed E-state index contributed by atoms with van der Waals surface area (Å²) in [6.07, 6.45) is 4.79. The molecular formula is C28H29FN3O3PS. The molecular weight excluding hydrogens is 508 g/mol. The molecule has 2 aromatic carbocycles.